The Kier molecular flexibility index (Phi) is 7.07. The monoisotopic (exact) mass is 480 g/mol. The van der Waals surface area contributed by atoms with Gasteiger partial charge in [-0.1, -0.05) is 24.3 Å². The average molecular weight is 481 g/mol. The first-order valence-electron chi connectivity index (χ1n) is 11.1. The van der Waals surface area contributed by atoms with E-state index in [4.69, 9.17) is 9.47 Å². The quantitative estimate of drug-likeness (QED) is 0.525. The van der Waals surface area contributed by atoms with E-state index >= 15 is 0 Å². The number of nitrogens with zero attached hydrogens (tertiary/aromatic N) is 1. The van der Waals surface area contributed by atoms with E-state index in [0.29, 0.717) is 17.2 Å². The maximum Gasteiger partial charge on any atom is 0.264 e. The van der Waals surface area contributed by atoms with E-state index in [1.54, 1.807) is 36.4 Å². The third-order valence-electron chi connectivity index (χ3n) is 5.99. The van der Waals surface area contributed by atoms with E-state index in [-0.39, 0.29) is 23.5 Å². The van der Waals surface area contributed by atoms with Gasteiger partial charge in [0.25, 0.3) is 15.9 Å². The van der Waals surface area contributed by atoms with Gasteiger partial charge in [0.2, 0.25) is 0 Å². The highest BCUT2D eigenvalue weighted by Crippen LogP contribution is 2.29. The highest BCUT2D eigenvalue weighted by Gasteiger charge is 2.23. The van der Waals surface area contributed by atoms with Crippen molar-refractivity contribution in [1.29, 1.82) is 0 Å². The van der Waals surface area contributed by atoms with Gasteiger partial charge in [0, 0.05) is 7.05 Å². The Labute approximate surface area is 200 Å². The molecule has 1 N–H and O–H groups in total. The SMILES string of the molecule is COc1ccc(S(=O)(=O)N(C)c2ccc(OCC(=O)N[C@@H]3CCCc4ccccc43)cc2)cc1. The molecule has 1 aliphatic rings. The first-order chi connectivity index (χ1) is 16.4. The van der Waals surface area contributed by atoms with Crippen molar-refractivity contribution in [3.63, 3.8) is 0 Å². The van der Waals surface area contributed by atoms with Crippen molar-refractivity contribution in [3.8, 4) is 11.5 Å². The fraction of sp³-hybridized carbons (Fsp3) is 0.269. The number of rotatable bonds is 8. The van der Waals surface area contributed by atoms with Crippen LogP contribution in [0.15, 0.2) is 77.7 Å². The molecule has 8 heteroatoms. The van der Waals surface area contributed by atoms with Gasteiger partial charge in [-0.05, 0) is 78.9 Å². The second-order valence-electron chi connectivity index (χ2n) is 8.14. The summed E-state index contributed by atoms with van der Waals surface area (Å²) < 4.78 is 37.7. The maximum absolute atomic E-state index is 12.9. The number of sulfonamides is 1. The van der Waals surface area contributed by atoms with E-state index in [0.717, 1.165) is 19.3 Å². The average Bonchev–Trinajstić information content (AvgIpc) is 2.87. The van der Waals surface area contributed by atoms with E-state index in [1.165, 1.54) is 41.7 Å². The molecule has 1 atom stereocenters. The van der Waals surface area contributed by atoms with Crippen molar-refractivity contribution in [2.75, 3.05) is 25.1 Å². The summed E-state index contributed by atoms with van der Waals surface area (Å²) in [6.07, 6.45) is 2.98. The standard InChI is InChI=1S/C26H28N2O5S/c1-28(34(30,31)23-16-14-21(32-2)15-17-23)20-10-12-22(13-11-20)33-18-26(29)27-25-9-5-7-19-6-3-4-8-24(19)25/h3-4,6,8,10-17,25H,5,7,9,18H2,1-2H3,(H,27,29)/t25-/m1/s1. The van der Waals surface area contributed by atoms with Gasteiger partial charge in [-0.2, -0.15) is 0 Å². The molecule has 0 heterocycles. The molecule has 0 bridgehead atoms. The largest absolute Gasteiger partial charge is 0.497 e. The summed E-state index contributed by atoms with van der Waals surface area (Å²) in [7, 11) is -0.707. The minimum absolute atomic E-state index is 0.000219. The molecule has 1 amide bonds. The zero-order chi connectivity index (χ0) is 24.1. The van der Waals surface area contributed by atoms with Crippen LogP contribution in [0.25, 0.3) is 0 Å². The Hall–Kier alpha value is -3.52. The summed E-state index contributed by atoms with van der Waals surface area (Å²) in [4.78, 5) is 12.6. The summed E-state index contributed by atoms with van der Waals surface area (Å²) in [6.45, 7) is -0.113. The van der Waals surface area contributed by atoms with Crippen LogP contribution in [0, 0.1) is 0 Å². The summed E-state index contributed by atoms with van der Waals surface area (Å²) in [5.41, 5.74) is 2.93. The molecule has 0 saturated carbocycles. The van der Waals surface area contributed by atoms with Crippen LogP contribution in [-0.4, -0.2) is 35.1 Å². The molecule has 7 nitrogen and oxygen atoms in total. The van der Waals surface area contributed by atoms with Crippen LogP contribution in [0.2, 0.25) is 0 Å². The predicted octanol–water partition coefficient (Wildman–Crippen LogP) is 4.09. The number of anilines is 1. The summed E-state index contributed by atoms with van der Waals surface area (Å²) in [5, 5.41) is 3.06. The summed E-state index contributed by atoms with van der Waals surface area (Å²) in [5.74, 6) is 0.878. The Morgan fingerprint density at radius 1 is 1.00 bits per heavy atom. The van der Waals surface area contributed by atoms with Crippen LogP contribution in [-0.2, 0) is 21.2 Å². The molecule has 1 aliphatic carbocycles. The van der Waals surface area contributed by atoms with Gasteiger partial charge < -0.3 is 14.8 Å². The van der Waals surface area contributed by atoms with Gasteiger partial charge in [0.05, 0.1) is 23.7 Å². The number of amides is 1. The third-order valence-corrected chi connectivity index (χ3v) is 7.79. The fourth-order valence-electron chi connectivity index (χ4n) is 4.09. The number of carbonyl (C=O) groups is 1. The zero-order valence-corrected chi connectivity index (χ0v) is 20.0. The lowest BCUT2D eigenvalue weighted by Gasteiger charge is -2.26. The second-order valence-corrected chi connectivity index (χ2v) is 10.1. The molecule has 3 aromatic rings. The number of methoxy groups -OCH3 is 1. The van der Waals surface area contributed by atoms with E-state index < -0.39 is 10.0 Å². The minimum Gasteiger partial charge on any atom is -0.497 e. The van der Waals surface area contributed by atoms with Crippen molar-refractivity contribution in [2.24, 2.45) is 0 Å². The molecule has 0 saturated heterocycles. The molecule has 178 valence electrons. The maximum atomic E-state index is 12.9. The lowest BCUT2D eigenvalue weighted by molar-refractivity contribution is -0.123. The van der Waals surface area contributed by atoms with Crippen LogP contribution in [0.5, 0.6) is 11.5 Å². The van der Waals surface area contributed by atoms with Gasteiger partial charge >= 0.3 is 0 Å². The Balaban J connectivity index is 1.35. The summed E-state index contributed by atoms with van der Waals surface area (Å²) >= 11 is 0. The molecule has 0 aliphatic heterocycles. The first kappa shape index (κ1) is 23.6. The van der Waals surface area contributed by atoms with Crippen LogP contribution in [0.3, 0.4) is 0 Å². The number of hydrogen-bond acceptors (Lipinski definition) is 5. The highest BCUT2D eigenvalue weighted by atomic mass is 32.2. The van der Waals surface area contributed by atoms with E-state index in [9.17, 15) is 13.2 Å². The number of nitrogens with one attached hydrogen (secondary N) is 1. The third kappa shape index (κ3) is 5.17. The van der Waals surface area contributed by atoms with Crippen molar-refractivity contribution >= 4 is 21.6 Å². The lowest BCUT2D eigenvalue weighted by atomic mass is 9.88. The number of aryl methyl sites for hydroxylation is 1. The van der Waals surface area contributed by atoms with Gasteiger partial charge in [0.1, 0.15) is 11.5 Å². The van der Waals surface area contributed by atoms with Crippen molar-refractivity contribution in [2.45, 2.75) is 30.2 Å². The molecule has 0 radical (unpaired) electrons. The molecule has 0 spiro atoms. The van der Waals surface area contributed by atoms with Crippen LogP contribution < -0.4 is 19.1 Å². The second kappa shape index (κ2) is 10.2. The van der Waals surface area contributed by atoms with E-state index in [2.05, 4.69) is 17.4 Å². The normalized spacial score (nSPS) is 15.2. The molecule has 0 aromatic heterocycles. The Morgan fingerprint density at radius 3 is 2.38 bits per heavy atom. The topological polar surface area (TPSA) is 84.9 Å². The Morgan fingerprint density at radius 2 is 1.68 bits per heavy atom. The number of ether oxygens (including phenoxy) is 2. The molecule has 34 heavy (non-hydrogen) atoms. The molecule has 0 fully saturated rings. The number of hydrogen-bond donors (Lipinski definition) is 1. The van der Waals surface area contributed by atoms with Crippen molar-refractivity contribution in [3.05, 3.63) is 83.9 Å². The van der Waals surface area contributed by atoms with Crippen molar-refractivity contribution in [1.82, 2.24) is 5.32 Å². The van der Waals surface area contributed by atoms with Gasteiger partial charge in [0.15, 0.2) is 6.61 Å². The smallest absolute Gasteiger partial charge is 0.264 e. The van der Waals surface area contributed by atoms with Gasteiger partial charge in [-0.25, -0.2) is 8.42 Å². The highest BCUT2D eigenvalue weighted by molar-refractivity contribution is 7.92. The van der Waals surface area contributed by atoms with Gasteiger partial charge in [-0.15, -0.1) is 0 Å². The fourth-order valence-corrected chi connectivity index (χ4v) is 5.28. The molecule has 0 unspecified atom stereocenters. The predicted molar refractivity (Wildman–Crippen MR) is 131 cm³/mol. The van der Waals surface area contributed by atoms with Crippen LogP contribution in [0.1, 0.15) is 30.0 Å². The molecule has 4 rings (SSSR count). The Bertz CT molecular complexity index is 1240. The summed E-state index contributed by atoms with van der Waals surface area (Å²) in [6, 6.07) is 21.0. The number of benzene rings is 3. The molecule has 3 aromatic carbocycles. The number of fused-ring (bicyclic) bond motifs is 1. The first-order valence-corrected chi connectivity index (χ1v) is 12.6. The minimum atomic E-state index is -3.72. The van der Waals surface area contributed by atoms with Crippen LogP contribution >= 0.6 is 0 Å². The lowest BCUT2D eigenvalue weighted by Crippen LogP contribution is -2.34. The molecular weight excluding hydrogens is 452 g/mol. The van der Waals surface area contributed by atoms with Gasteiger partial charge in [-0.3, -0.25) is 9.10 Å². The zero-order valence-electron chi connectivity index (χ0n) is 19.2. The van der Waals surface area contributed by atoms with Crippen molar-refractivity contribution < 1.29 is 22.7 Å². The number of carbonyl (C=O) groups excluding carboxylic acids is 1. The molecular formula is C26H28N2O5S. The van der Waals surface area contributed by atoms with Crippen LogP contribution in [0.4, 0.5) is 5.69 Å². The van der Waals surface area contributed by atoms with E-state index in [1.807, 2.05) is 12.1 Å².